The second kappa shape index (κ2) is 7.39. The fraction of sp³-hybridized carbons (Fsp3) is 0.350. The number of aryl methyl sites for hydroxylation is 2. The van der Waals surface area contributed by atoms with Crippen LogP contribution in [0.25, 0.3) is 10.6 Å². The Balaban J connectivity index is 1.41. The van der Waals surface area contributed by atoms with Gasteiger partial charge in [-0.05, 0) is 31.7 Å². The molecule has 1 aliphatic heterocycles. The first-order valence-corrected chi connectivity index (χ1v) is 10.5. The average Bonchev–Trinajstić information content (AvgIpc) is 3.35. The molecule has 0 radical (unpaired) electrons. The standard InChI is InChI=1S/C20H21N3OS2/c1-12-20(26-13(2)22-12)17-11-25-19(23-17)9-18(24)16-8-15(10-21-16)14-6-4-3-5-7-14/h3-7,11,15-16,21H,8-10H2,1-2H3/t15-,16+/m0/s1. The highest BCUT2D eigenvalue weighted by Gasteiger charge is 2.30. The molecule has 4 nitrogen and oxygen atoms in total. The minimum absolute atomic E-state index is 0.0695. The van der Waals surface area contributed by atoms with Crippen LogP contribution in [0.1, 0.15) is 33.6 Å². The van der Waals surface area contributed by atoms with Gasteiger partial charge in [-0.3, -0.25) is 4.79 Å². The van der Waals surface area contributed by atoms with Crippen molar-refractivity contribution in [3.8, 4) is 10.6 Å². The first-order valence-electron chi connectivity index (χ1n) is 8.80. The lowest BCUT2D eigenvalue weighted by Crippen LogP contribution is -2.31. The highest BCUT2D eigenvalue weighted by Crippen LogP contribution is 2.31. The molecule has 1 N–H and O–H groups in total. The predicted octanol–water partition coefficient (Wildman–Crippen LogP) is 4.14. The molecule has 0 saturated carbocycles. The Morgan fingerprint density at radius 2 is 2.04 bits per heavy atom. The van der Waals surface area contributed by atoms with Crippen molar-refractivity contribution in [3.63, 3.8) is 0 Å². The SMILES string of the molecule is Cc1nc(C)c(-c2csc(CC(=O)[C@H]3C[C@H](c4ccccc4)CN3)n2)s1. The van der Waals surface area contributed by atoms with E-state index < -0.39 is 0 Å². The minimum Gasteiger partial charge on any atom is -0.307 e. The van der Waals surface area contributed by atoms with Crippen molar-refractivity contribution in [2.24, 2.45) is 0 Å². The number of rotatable bonds is 5. The molecule has 134 valence electrons. The van der Waals surface area contributed by atoms with Gasteiger partial charge < -0.3 is 5.32 Å². The normalized spacial score (nSPS) is 19.8. The molecule has 0 amide bonds. The fourth-order valence-corrected chi connectivity index (χ4v) is 5.25. The number of hydrogen-bond donors (Lipinski definition) is 1. The molecular weight excluding hydrogens is 362 g/mol. The molecule has 0 bridgehead atoms. The molecule has 2 aromatic heterocycles. The smallest absolute Gasteiger partial charge is 0.156 e. The molecule has 0 unspecified atom stereocenters. The second-order valence-electron chi connectivity index (χ2n) is 6.72. The van der Waals surface area contributed by atoms with E-state index in [4.69, 9.17) is 0 Å². The van der Waals surface area contributed by atoms with Crippen LogP contribution in [0.15, 0.2) is 35.7 Å². The number of nitrogens with one attached hydrogen (secondary N) is 1. The minimum atomic E-state index is -0.0695. The molecule has 2 atom stereocenters. The number of hydrogen-bond acceptors (Lipinski definition) is 6. The Labute approximate surface area is 161 Å². The van der Waals surface area contributed by atoms with Gasteiger partial charge in [0.05, 0.1) is 33.7 Å². The first-order chi connectivity index (χ1) is 12.6. The van der Waals surface area contributed by atoms with Crippen molar-refractivity contribution < 1.29 is 4.79 Å². The zero-order chi connectivity index (χ0) is 18.1. The van der Waals surface area contributed by atoms with Gasteiger partial charge in [-0.1, -0.05) is 30.3 Å². The summed E-state index contributed by atoms with van der Waals surface area (Å²) in [6.45, 7) is 4.88. The summed E-state index contributed by atoms with van der Waals surface area (Å²) in [5, 5.41) is 7.37. The molecule has 1 saturated heterocycles. The zero-order valence-electron chi connectivity index (χ0n) is 14.9. The number of nitrogens with zero attached hydrogens (tertiary/aromatic N) is 2. The summed E-state index contributed by atoms with van der Waals surface area (Å²) in [7, 11) is 0. The summed E-state index contributed by atoms with van der Waals surface area (Å²) in [5.74, 6) is 0.654. The molecule has 3 heterocycles. The molecule has 1 aliphatic rings. The van der Waals surface area contributed by atoms with Gasteiger partial charge in [-0.15, -0.1) is 22.7 Å². The Kier molecular flexibility index (Phi) is 4.98. The maximum absolute atomic E-state index is 12.7. The van der Waals surface area contributed by atoms with Gasteiger partial charge in [-0.25, -0.2) is 9.97 Å². The van der Waals surface area contributed by atoms with Gasteiger partial charge >= 0.3 is 0 Å². The topological polar surface area (TPSA) is 54.9 Å². The van der Waals surface area contributed by atoms with Gasteiger partial charge in [0.15, 0.2) is 5.78 Å². The lowest BCUT2D eigenvalue weighted by atomic mass is 9.95. The van der Waals surface area contributed by atoms with Crippen LogP contribution in [0.4, 0.5) is 0 Å². The predicted molar refractivity (Wildman–Crippen MR) is 107 cm³/mol. The van der Waals surface area contributed by atoms with E-state index in [9.17, 15) is 4.79 Å². The molecule has 6 heteroatoms. The van der Waals surface area contributed by atoms with Crippen LogP contribution < -0.4 is 5.32 Å². The molecule has 1 aromatic carbocycles. The quantitative estimate of drug-likeness (QED) is 0.719. The summed E-state index contributed by atoms with van der Waals surface area (Å²) in [4.78, 5) is 23.0. The molecular formula is C20H21N3OS2. The summed E-state index contributed by atoms with van der Waals surface area (Å²) < 4.78 is 0. The van der Waals surface area contributed by atoms with Crippen LogP contribution in [0.3, 0.4) is 0 Å². The Bertz CT molecular complexity index is 916. The summed E-state index contributed by atoms with van der Waals surface area (Å²) in [5.41, 5.74) is 3.27. The number of aromatic nitrogens is 2. The average molecular weight is 384 g/mol. The molecule has 4 rings (SSSR count). The third-order valence-electron chi connectivity index (χ3n) is 4.80. The maximum Gasteiger partial charge on any atom is 0.156 e. The van der Waals surface area contributed by atoms with Gasteiger partial charge in [0, 0.05) is 11.9 Å². The number of Topliss-reactive ketones (excluding diaryl/α,β-unsaturated/α-hetero) is 1. The summed E-state index contributed by atoms with van der Waals surface area (Å²) in [6.07, 6.45) is 1.27. The zero-order valence-corrected chi connectivity index (χ0v) is 16.5. The van der Waals surface area contributed by atoms with Crippen LogP contribution >= 0.6 is 22.7 Å². The Morgan fingerprint density at radius 3 is 2.77 bits per heavy atom. The molecule has 26 heavy (non-hydrogen) atoms. The van der Waals surface area contributed by atoms with Crippen molar-refractivity contribution in [2.45, 2.75) is 38.6 Å². The van der Waals surface area contributed by atoms with E-state index in [-0.39, 0.29) is 11.8 Å². The first kappa shape index (κ1) is 17.5. The Hall–Kier alpha value is -1.89. The van der Waals surface area contributed by atoms with E-state index in [2.05, 4.69) is 39.6 Å². The third-order valence-corrected chi connectivity index (χ3v) is 6.75. The van der Waals surface area contributed by atoms with Crippen molar-refractivity contribution in [3.05, 3.63) is 57.0 Å². The van der Waals surface area contributed by atoms with Crippen LogP contribution in [0.2, 0.25) is 0 Å². The lowest BCUT2D eigenvalue weighted by Gasteiger charge is -2.09. The summed E-state index contributed by atoms with van der Waals surface area (Å²) >= 11 is 3.22. The van der Waals surface area contributed by atoms with Gasteiger partial charge in [0.1, 0.15) is 5.01 Å². The van der Waals surface area contributed by atoms with Crippen molar-refractivity contribution in [2.75, 3.05) is 6.54 Å². The van der Waals surface area contributed by atoms with Crippen LogP contribution in [0, 0.1) is 13.8 Å². The van der Waals surface area contributed by atoms with E-state index >= 15 is 0 Å². The largest absolute Gasteiger partial charge is 0.307 e. The van der Waals surface area contributed by atoms with E-state index in [1.54, 1.807) is 22.7 Å². The number of thiazole rings is 2. The Morgan fingerprint density at radius 1 is 1.23 bits per heavy atom. The number of benzene rings is 1. The van der Waals surface area contributed by atoms with Crippen molar-refractivity contribution in [1.82, 2.24) is 15.3 Å². The molecule has 1 fully saturated rings. The third kappa shape index (κ3) is 3.63. The number of carbonyl (C=O) groups excluding carboxylic acids is 1. The van der Waals surface area contributed by atoms with Gasteiger partial charge in [0.25, 0.3) is 0 Å². The number of carbonyl (C=O) groups is 1. The van der Waals surface area contributed by atoms with E-state index in [0.29, 0.717) is 12.3 Å². The molecule has 3 aromatic rings. The second-order valence-corrected chi connectivity index (χ2v) is 8.87. The maximum atomic E-state index is 12.7. The molecule has 0 spiro atoms. The van der Waals surface area contributed by atoms with Crippen LogP contribution in [0.5, 0.6) is 0 Å². The highest BCUT2D eigenvalue weighted by molar-refractivity contribution is 7.16. The fourth-order valence-electron chi connectivity index (χ4n) is 3.50. The van der Waals surface area contributed by atoms with E-state index in [1.807, 2.05) is 25.3 Å². The van der Waals surface area contributed by atoms with Gasteiger partial charge in [0.2, 0.25) is 0 Å². The van der Waals surface area contributed by atoms with E-state index in [0.717, 1.165) is 39.2 Å². The highest BCUT2D eigenvalue weighted by atomic mass is 32.1. The van der Waals surface area contributed by atoms with Crippen molar-refractivity contribution >= 4 is 28.5 Å². The van der Waals surface area contributed by atoms with Crippen LogP contribution in [-0.2, 0) is 11.2 Å². The number of ketones is 1. The van der Waals surface area contributed by atoms with Gasteiger partial charge in [-0.2, -0.15) is 0 Å². The summed E-state index contributed by atoms with van der Waals surface area (Å²) in [6, 6.07) is 10.4. The van der Waals surface area contributed by atoms with Crippen LogP contribution in [-0.4, -0.2) is 28.3 Å². The monoisotopic (exact) mass is 383 g/mol. The van der Waals surface area contributed by atoms with E-state index in [1.165, 1.54) is 5.56 Å². The molecule has 0 aliphatic carbocycles. The lowest BCUT2D eigenvalue weighted by molar-refractivity contribution is -0.120. The van der Waals surface area contributed by atoms with Crippen molar-refractivity contribution in [1.29, 1.82) is 0 Å².